The Hall–Kier alpha value is -1.82. The lowest BCUT2D eigenvalue weighted by Gasteiger charge is -2.31. The molecule has 6 heteroatoms. The molecule has 2 N–H and O–H groups in total. The summed E-state index contributed by atoms with van der Waals surface area (Å²) in [7, 11) is 0. The van der Waals surface area contributed by atoms with Crippen LogP contribution in [0.2, 0.25) is 0 Å². The van der Waals surface area contributed by atoms with Crippen molar-refractivity contribution in [2.75, 3.05) is 5.32 Å². The summed E-state index contributed by atoms with van der Waals surface area (Å²) < 4.78 is 0. The Kier molecular flexibility index (Phi) is 3.28. The van der Waals surface area contributed by atoms with E-state index < -0.39 is 5.41 Å². The van der Waals surface area contributed by atoms with Gasteiger partial charge in [-0.25, -0.2) is 5.43 Å². The summed E-state index contributed by atoms with van der Waals surface area (Å²) in [5.41, 5.74) is 5.91. The van der Waals surface area contributed by atoms with Crippen molar-refractivity contribution >= 4 is 34.3 Å². The number of hydrazone groups is 1. The minimum absolute atomic E-state index is 0.0167. The van der Waals surface area contributed by atoms with Gasteiger partial charge in [-0.2, -0.15) is 5.10 Å². The Bertz CT molecular complexity index is 667. The number of nitrogens with one attached hydrogen (secondary N) is 2. The van der Waals surface area contributed by atoms with Crippen LogP contribution < -0.4 is 10.7 Å². The minimum Gasteiger partial charge on any atom is -0.325 e. The van der Waals surface area contributed by atoms with E-state index in [1.807, 2.05) is 32.9 Å². The summed E-state index contributed by atoms with van der Waals surface area (Å²) in [6.45, 7) is 5.84. The first-order valence-corrected chi connectivity index (χ1v) is 7.74. The van der Waals surface area contributed by atoms with E-state index in [4.69, 9.17) is 0 Å². The molecule has 0 aliphatic carbocycles. The maximum atomic E-state index is 12.0. The second-order valence-electron chi connectivity index (χ2n) is 6.04. The Morgan fingerprint density at radius 1 is 1.33 bits per heavy atom. The zero-order valence-corrected chi connectivity index (χ0v) is 13.0. The van der Waals surface area contributed by atoms with Crippen LogP contribution in [-0.2, 0) is 11.2 Å². The third-order valence-electron chi connectivity index (χ3n) is 3.83. The standard InChI is InChI=1S/C15H17N3O2S/c1-8-12(17-18-14(20)21-8)9-4-5-11-10(6-9)7-15(2,3)13(19)16-11/h4-6,8H,7H2,1-3H3,(H,16,19)(H,18,20). The van der Waals surface area contributed by atoms with E-state index in [0.717, 1.165) is 22.5 Å². The molecule has 21 heavy (non-hydrogen) atoms. The van der Waals surface area contributed by atoms with Crippen molar-refractivity contribution in [3.8, 4) is 0 Å². The van der Waals surface area contributed by atoms with Crippen LogP contribution in [0, 0.1) is 5.41 Å². The molecule has 5 nitrogen and oxygen atoms in total. The molecule has 1 aromatic carbocycles. The van der Waals surface area contributed by atoms with E-state index in [9.17, 15) is 9.59 Å². The van der Waals surface area contributed by atoms with E-state index in [2.05, 4.69) is 21.9 Å². The number of rotatable bonds is 1. The Labute approximate surface area is 127 Å². The molecule has 0 saturated carbocycles. The number of hydrogen-bond acceptors (Lipinski definition) is 4. The highest BCUT2D eigenvalue weighted by Crippen LogP contribution is 2.34. The molecule has 0 aromatic heterocycles. The number of hydrogen-bond donors (Lipinski definition) is 2. The predicted molar refractivity (Wildman–Crippen MR) is 84.7 cm³/mol. The van der Waals surface area contributed by atoms with E-state index in [1.54, 1.807) is 0 Å². The molecule has 0 saturated heterocycles. The second-order valence-corrected chi connectivity index (χ2v) is 7.36. The average Bonchev–Trinajstić information content (AvgIpc) is 2.39. The number of amides is 2. The van der Waals surface area contributed by atoms with Gasteiger partial charge in [0.25, 0.3) is 5.24 Å². The van der Waals surface area contributed by atoms with Crippen LogP contribution >= 0.6 is 11.8 Å². The lowest BCUT2D eigenvalue weighted by Crippen LogP contribution is -2.37. The van der Waals surface area contributed by atoms with Gasteiger partial charge in [0.2, 0.25) is 5.91 Å². The summed E-state index contributed by atoms with van der Waals surface area (Å²) in [4.78, 5) is 23.3. The van der Waals surface area contributed by atoms with Crippen molar-refractivity contribution in [1.29, 1.82) is 0 Å². The van der Waals surface area contributed by atoms with Gasteiger partial charge in [-0.05, 0) is 36.6 Å². The lowest BCUT2D eigenvalue weighted by atomic mass is 9.80. The van der Waals surface area contributed by atoms with E-state index in [-0.39, 0.29) is 16.4 Å². The Balaban J connectivity index is 1.97. The zero-order chi connectivity index (χ0) is 15.2. The number of carbonyl (C=O) groups is 2. The summed E-state index contributed by atoms with van der Waals surface area (Å²) in [6, 6.07) is 5.91. The van der Waals surface area contributed by atoms with Gasteiger partial charge in [-0.1, -0.05) is 31.7 Å². The average molecular weight is 303 g/mol. The van der Waals surface area contributed by atoms with Gasteiger partial charge in [0.15, 0.2) is 0 Å². The van der Waals surface area contributed by atoms with Gasteiger partial charge in [-0.3, -0.25) is 9.59 Å². The van der Waals surface area contributed by atoms with Crippen LogP contribution in [0.5, 0.6) is 0 Å². The van der Waals surface area contributed by atoms with Crippen LogP contribution in [0.15, 0.2) is 23.3 Å². The molecule has 2 heterocycles. The van der Waals surface area contributed by atoms with E-state index in [1.165, 1.54) is 11.8 Å². The molecule has 3 rings (SSSR count). The van der Waals surface area contributed by atoms with Gasteiger partial charge in [0.05, 0.1) is 11.0 Å². The molecule has 1 unspecified atom stereocenters. The van der Waals surface area contributed by atoms with Crippen molar-refractivity contribution in [2.24, 2.45) is 10.5 Å². The smallest absolute Gasteiger partial charge is 0.299 e. The normalized spacial score (nSPS) is 23.8. The fraction of sp³-hybridized carbons (Fsp3) is 0.400. The number of fused-ring (bicyclic) bond motifs is 1. The maximum absolute atomic E-state index is 12.0. The summed E-state index contributed by atoms with van der Waals surface area (Å²) >= 11 is 1.23. The molecule has 1 atom stereocenters. The van der Waals surface area contributed by atoms with Crippen molar-refractivity contribution < 1.29 is 9.59 Å². The lowest BCUT2D eigenvalue weighted by molar-refractivity contribution is -0.124. The molecule has 2 amide bonds. The van der Waals surface area contributed by atoms with Gasteiger partial charge in [0.1, 0.15) is 0 Å². The Morgan fingerprint density at radius 2 is 2.10 bits per heavy atom. The van der Waals surface area contributed by atoms with Gasteiger partial charge < -0.3 is 5.32 Å². The molecule has 0 radical (unpaired) electrons. The molecule has 0 bridgehead atoms. The van der Waals surface area contributed by atoms with Crippen molar-refractivity contribution in [3.05, 3.63) is 29.3 Å². The molecular weight excluding hydrogens is 286 g/mol. The summed E-state index contributed by atoms with van der Waals surface area (Å²) in [5, 5.41) is 7.01. The van der Waals surface area contributed by atoms with Gasteiger partial charge in [-0.15, -0.1) is 0 Å². The molecule has 2 aliphatic rings. The SMILES string of the molecule is CC1SC(=O)NN=C1c1ccc2c(c1)CC(C)(C)C(=O)N2. The largest absolute Gasteiger partial charge is 0.325 e. The van der Waals surface area contributed by atoms with Crippen LogP contribution in [0.25, 0.3) is 0 Å². The molecule has 2 aliphatic heterocycles. The fourth-order valence-corrected chi connectivity index (χ4v) is 3.33. The summed E-state index contributed by atoms with van der Waals surface area (Å²) in [6.07, 6.45) is 0.698. The number of nitrogens with zero attached hydrogens (tertiary/aromatic N) is 1. The monoisotopic (exact) mass is 303 g/mol. The minimum atomic E-state index is -0.408. The quantitative estimate of drug-likeness (QED) is 0.838. The van der Waals surface area contributed by atoms with Crippen LogP contribution in [0.3, 0.4) is 0 Å². The first kappa shape index (κ1) is 14.1. The third-order valence-corrected chi connectivity index (χ3v) is 4.71. The predicted octanol–water partition coefficient (Wildman–Crippen LogP) is 2.76. The highest BCUT2D eigenvalue weighted by molar-refractivity contribution is 8.14. The number of thioether (sulfide) groups is 1. The van der Waals surface area contributed by atoms with E-state index >= 15 is 0 Å². The molecule has 0 fully saturated rings. The van der Waals surface area contributed by atoms with Crippen molar-refractivity contribution in [3.63, 3.8) is 0 Å². The molecule has 110 valence electrons. The van der Waals surface area contributed by atoms with Gasteiger partial charge >= 0.3 is 0 Å². The Morgan fingerprint density at radius 3 is 2.81 bits per heavy atom. The fourth-order valence-electron chi connectivity index (χ4n) is 2.61. The number of anilines is 1. The molecule has 0 spiro atoms. The van der Waals surface area contributed by atoms with Crippen LogP contribution in [0.1, 0.15) is 31.9 Å². The number of benzene rings is 1. The molecule has 1 aromatic rings. The third kappa shape index (κ3) is 2.55. The highest BCUT2D eigenvalue weighted by Gasteiger charge is 2.34. The van der Waals surface area contributed by atoms with Crippen LogP contribution in [0.4, 0.5) is 10.5 Å². The zero-order valence-electron chi connectivity index (χ0n) is 12.2. The van der Waals surface area contributed by atoms with Crippen molar-refractivity contribution in [1.82, 2.24) is 5.43 Å². The van der Waals surface area contributed by atoms with Crippen LogP contribution in [-0.4, -0.2) is 22.1 Å². The number of carbonyl (C=O) groups excluding carboxylic acids is 2. The van der Waals surface area contributed by atoms with Crippen molar-refractivity contribution in [2.45, 2.75) is 32.4 Å². The first-order valence-electron chi connectivity index (χ1n) is 6.86. The highest BCUT2D eigenvalue weighted by atomic mass is 32.2. The summed E-state index contributed by atoms with van der Waals surface area (Å²) in [5.74, 6) is 0.0499. The maximum Gasteiger partial charge on any atom is 0.299 e. The molecular formula is C15H17N3O2S. The van der Waals surface area contributed by atoms with Gasteiger partial charge in [0, 0.05) is 11.1 Å². The topological polar surface area (TPSA) is 70.6 Å². The first-order chi connectivity index (χ1) is 9.87. The van der Waals surface area contributed by atoms with E-state index in [0.29, 0.717) is 6.42 Å². The second kappa shape index (κ2) is 4.87.